The average molecular weight is 332 g/mol. The number of hydrogen-bond donors (Lipinski definition) is 2. The molecule has 0 atom stereocenters. The maximum Gasteiger partial charge on any atom is 0.261 e. The molecule has 1 saturated heterocycles. The van der Waals surface area contributed by atoms with E-state index in [1.54, 1.807) is 6.07 Å². The molecule has 1 aliphatic heterocycles. The summed E-state index contributed by atoms with van der Waals surface area (Å²) in [6.45, 7) is 2.69. The number of nitrogens with zero attached hydrogens (tertiary/aromatic N) is 1. The Morgan fingerprint density at radius 1 is 1.38 bits per heavy atom. The third kappa shape index (κ3) is 5.30. The second-order valence-electron chi connectivity index (χ2n) is 5.04. The van der Waals surface area contributed by atoms with E-state index in [9.17, 15) is 9.59 Å². The van der Waals surface area contributed by atoms with E-state index in [2.05, 4.69) is 10.6 Å². The zero-order valence-corrected chi connectivity index (χ0v) is 13.8. The van der Waals surface area contributed by atoms with Crippen molar-refractivity contribution in [3.05, 3.63) is 22.4 Å². The number of thiophene rings is 1. The number of carbonyl (C=O) groups is 2. The first kappa shape index (κ1) is 17.9. The van der Waals surface area contributed by atoms with Crippen molar-refractivity contribution in [3.8, 4) is 0 Å². The van der Waals surface area contributed by atoms with E-state index in [1.807, 2.05) is 23.4 Å². The molecule has 5 nitrogen and oxygen atoms in total. The van der Waals surface area contributed by atoms with E-state index < -0.39 is 0 Å². The van der Waals surface area contributed by atoms with Gasteiger partial charge in [-0.3, -0.25) is 9.59 Å². The van der Waals surface area contributed by atoms with Gasteiger partial charge >= 0.3 is 0 Å². The molecule has 2 amide bonds. The maximum absolute atomic E-state index is 12.0. The molecule has 0 aromatic carbocycles. The largest absolute Gasteiger partial charge is 0.342 e. The van der Waals surface area contributed by atoms with Crippen LogP contribution in [0, 0.1) is 5.92 Å². The number of piperidine rings is 1. The predicted octanol–water partition coefficient (Wildman–Crippen LogP) is 1.36. The number of nitrogens with one attached hydrogen (secondary N) is 2. The topological polar surface area (TPSA) is 61.4 Å². The van der Waals surface area contributed by atoms with Crippen LogP contribution < -0.4 is 10.6 Å². The molecule has 0 bridgehead atoms. The molecule has 118 valence electrons. The van der Waals surface area contributed by atoms with Gasteiger partial charge in [-0.2, -0.15) is 0 Å². The van der Waals surface area contributed by atoms with Gasteiger partial charge in [0.05, 0.1) is 11.4 Å². The number of amides is 2. The van der Waals surface area contributed by atoms with Crippen LogP contribution in [0.3, 0.4) is 0 Å². The van der Waals surface area contributed by atoms with Crippen LogP contribution in [0.15, 0.2) is 17.5 Å². The molecule has 1 aromatic heterocycles. The van der Waals surface area contributed by atoms with Crippen molar-refractivity contribution in [3.63, 3.8) is 0 Å². The smallest absolute Gasteiger partial charge is 0.261 e. The van der Waals surface area contributed by atoms with Crippen molar-refractivity contribution in [2.75, 3.05) is 33.2 Å². The highest BCUT2D eigenvalue weighted by Crippen LogP contribution is 2.16. The molecular formula is C14H22ClN3O2S. The molecule has 0 aliphatic carbocycles. The molecule has 1 aromatic rings. The van der Waals surface area contributed by atoms with Crippen molar-refractivity contribution in [2.24, 2.45) is 5.92 Å². The molecule has 1 fully saturated rings. The standard InChI is InChI=1S/C14H21N3O2S.ClH/c1-15-9-11-4-6-17(7-5-11)13(18)10-16-14(19)12-3-2-8-20-12;/h2-3,8,11,15H,4-7,9-10H2,1H3,(H,16,19);1H. The lowest BCUT2D eigenvalue weighted by Gasteiger charge is -2.32. The lowest BCUT2D eigenvalue weighted by Crippen LogP contribution is -2.45. The van der Waals surface area contributed by atoms with Gasteiger partial charge in [0.2, 0.25) is 5.91 Å². The second-order valence-corrected chi connectivity index (χ2v) is 5.99. The quantitative estimate of drug-likeness (QED) is 0.856. The highest BCUT2D eigenvalue weighted by atomic mass is 35.5. The number of halogens is 1. The minimum Gasteiger partial charge on any atom is -0.342 e. The van der Waals surface area contributed by atoms with Crippen LogP contribution >= 0.6 is 23.7 Å². The maximum atomic E-state index is 12.0. The predicted molar refractivity (Wildman–Crippen MR) is 87.1 cm³/mol. The van der Waals surface area contributed by atoms with E-state index in [4.69, 9.17) is 0 Å². The van der Waals surface area contributed by atoms with Crippen molar-refractivity contribution >= 4 is 35.6 Å². The molecule has 0 saturated carbocycles. The van der Waals surface area contributed by atoms with Crippen molar-refractivity contribution in [2.45, 2.75) is 12.8 Å². The molecule has 2 heterocycles. The van der Waals surface area contributed by atoms with Crippen LogP contribution in [0.2, 0.25) is 0 Å². The monoisotopic (exact) mass is 331 g/mol. The zero-order chi connectivity index (χ0) is 14.4. The Morgan fingerprint density at radius 3 is 2.67 bits per heavy atom. The van der Waals surface area contributed by atoms with Crippen LogP contribution in [-0.4, -0.2) is 49.9 Å². The Bertz CT molecular complexity index is 445. The van der Waals surface area contributed by atoms with Gasteiger partial charge in [-0.15, -0.1) is 23.7 Å². The van der Waals surface area contributed by atoms with Gasteiger partial charge in [-0.25, -0.2) is 0 Å². The Balaban J connectivity index is 0.00000220. The normalized spacial score (nSPS) is 15.4. The summed E-state index contributed by atoms with van der Waals surface area (Å²) >= 11 is 1.38. The van der Waals surface area contributed by atoms with E-state index in [0.29, 0.717) is 10.8 Å². The highest BCUT2D eigenvalue weighted by Gasteiger charge is 2.22. The number of carbonyl (C=O) groups excluding carboxylic acids is 2. The van der Waals surface area contributed by atoms with Crippen molar-refractivity contribution in [1.29, 1.82) is 0 Å². The second kappa shape index (κ2) is 9.02. The molecule has 0 radical (unpaired) electrons. The first-order valence-corrected chi connectivity index (χ1v) is 7.82. The fourth-order valence-corrected chi connectivity index (χ4v) is 3.08. The molecule has 2 N–H and O–H groups in total. The summed E-state index contributed by atoms with van der Waals surface area (Å²) in [5, 5.41) is 7.71. The number of hydrogen-bond acceptors (Lipinski definition) is 4. The Labute approximate surface area is 135 Å². The fraction of sp³-hybridized carbons (Fsp3) is 0.571. The van der Waals surface area contributed by atoms with Gasteiger partial charge in [0.1, 0.15) is 0 Å². The van der Waals surface area contributed by atoms with E-state index in [1.165, 1.54) is 11.3 Å². The van der Waals surface area contributed by atoms with Gasteiger partial charge < -0.3 is 15.5 Å². The van der Waals surface area contributed by atoms with Gasteiger partial charge in [-0.1, -0.05) is 6.07 Å². The van der Waals surface area contributed by atoms with Gasteiger partial charge in [0, 0.05) is 13.1 Å². The van der Waals surface area contributed by atoms with Crippen LogP contribution in [0.1, 0.15) is 22.5 Å². The first-order chi connectivity index (χ1) is 9.70. The van der Waals surface area contributed by atoms with E-state index >= 15 is 0 Å². The van der Waals surface area contributed by atoms with Crippen LogP contribution in [-0.2, 0) is 4.79 Å². The molecule has 1 aliphatic rings. The van der Waals surface area contributed by atoms with E-state index in [0.717, 1.165) is 32.5 Å². The molecule has 0 spiro atoms. The summed E-state index contributed by atoms with van der Waals surface area (Å²) in [4.78, 5) is 26.3. The summed E-state index contributed by atoms with van der Waals surface area (Å²) in [5.74, 6) is 0.501. The van der Waals surface area contributed by atoms with Crippen LogP contribution in [0.4, 0.5) is 0 Å². The Hall–Kier alpha value is -1.11. The van der Waals surface area contributed by atoms with Gasteiger partial charge in [0.15, 0.2) is 0 Å². The van der Waals surface area contributed by atoms with Gasteiger partial charge in [0.25, 0.3) is 5.91 Å². The Morgan fingerprint density at radius 2 is 2.10 bits per heavy atom. The third-order valence-corrected chi connectivity index (χ3v) is 4.47. The average Bonchev–Trinajstić information content (AvgIpc) is 3.00. The van der Waals surface area contributed by atoms with Crippen molar-refractivity contribution < 1.29 is 9.59 Å². The fourth-order valence-electron chi connectivity index (χ4n) is 2.44. The minimum absolute atomic E-state index is 0. The molecular weight excluding hydrogens is 310 g/mol. The minimum atomic E-state index is -0.168. The molecule has 21 heavy (non-hydrogen) atoms. The van der Waals surface area contributed by atoms with E-state index in [-0.39, 0.29) is 30.8 Å². The number of rotatable bonds is 5. The highest BCUT2D eigenvalue weighted by molar-refractivity contribution is 7.12. The third-order valence-electron chi connectivity index (χ3n) is 3.61. The first-order valence-electron chi connectivity index (χ1n) is 6.94. The van der Waals surface area contributed by atoms with Crippen LogP contribution in [0.5, 0.6) is 0 Å². The summed E-state index contributed by atoms with van der Waals surface area (Å²) in [5.41, 5.74) is 0. The Kier molecular flexibility index (Phi) is 7.71. The lowest BCUT2D eigenvalue weighted by atomic mass is 9.97. The zero-order valence-electron chi connectivity index (χ0n) is 12.1. The summed E-state index contributed by atoms with van der Waals surface area (Å²) in [6, 6.07) is 3.58. The molecule has 7 heteroatoms. The molecule has 2 rings (SSSR count). The summed E-state index contributed by atoms with van der Waals surface area (Å²) < 4.78 is 0. The lowest BCUT2D eigenvalue weighted by molar-refractivity contribution is -0.131. The number of likely N-dealkylation sites (tertiary alicyclic amines) is 1. The molecule has 0 unspecified atom stereocenters. The van der Waals surface area contributed by atoms with Crippen molar-refractivity contribution in [1.82, 2.24) is 15.5 Å². The van der Waals surface area contributed by atoms with Crippen LogP contribution in [0.25, 0.3) is 0 Å². The summed E-state index contributed by atoms with van der Waals surface area (Å²) in [6.07, 6.45) is 2.07. The summed E-state index contributed by atoms with van der Waals surface area (Å²) in [7, 11) is 1.96. The SMILES string of the molecule is CNCC1CCN(C(=O)CNC(=O)c2cccs2)CC1.Cl. The van der Waals surface area contributed by atoms with Gasteiger partial charge in [-0.05, 0) is 43.8 Å².